The number of benzene rings is 1. The Morgan fingerprint density at radius 2 is 1.88 bits per heavy atom. The third-order valence-electron chi connectivity index (χ3n) is 8.03. The average Bonchev–Trinajstić information content (AvgIpc) is 3.36. The van der Waals surface area contributed by atoms with E-state index < -0.39 is 25.4 Å². The second-order valence-electron chi connectivity index (χ2n) is 13.8. The Hall–Kier alpha value is -3.33. The molecule has 0 aliphatic carbocycles. The number of aromatic nitrogens is 3. The number of thiazole rings is 1. The number of fused-ring (bicyclic) bond motifs is 1. The van der Waals surface area contributed by atoms with Crippen LogP contribution in [0.4, 0.5) is 21.6 Å². The van der Waals surface area contributed by atoms with E-state index in [1.165, 1.54) is 0 Å². The van der Waals surface area contributed by atoms with Crippen LogP contribution in [0.1, 0.15) is 70.2 Å². The maximum Gasteiger partial charge on any atom is 0.414 e. The summed E-state index contributed by atoms with van der Waals surface area (Å²) in [4.78, 5) is 29.9. The predicted molar refractivity (Wildman–Crippen MR) is 171 cm³/mol. The molecule has 3 aromatic rings. The second-order valence-corrected chi connectivity index (χ2v) is 19.8. The first-order valence-electron chi connectivity index (χ1n) is 14.1. The number of rotatable bonds is 6. The van der Waals surface area contributed by atoms with Gasteiger partial charge in [0.15, 0.2) is 13.4 Å². The number of anilines is 3. The van der Waals surface area contributed by atoms with Gasteiger partial charge in [-0.15, -0.1) is 11.3 Å². The maximum absolute atomic E-state index is 13.5. The monoisotopic (exact) mass is 606 g/mol. The molecule has 0 fully saturated rings. The third kappa shape index (κ3) is 6.51. The molecule has 0 saturated heterocycles. The Kier molecular flexibility index (Phi) is 8.32. The van der Waals surface area contributed by atoms with Crippen molar-refractivity contribution in [2.75, 3.05) is 23.4 Å². The molecule has 2 aromatic heterocycles. The van der Waals surface area contributed by atoms with Crippen LogP contribution in [-0.2, 0) is 14.6 Å². The number of nitrogens with one attached hydrogen (secondary N) is 1. The molecule has 1 aliphatic rings. The molecule has 1 atom stereocenters. The highest BCUT2D eigenvalue weighted by atomic mass is 32.1. The summed E-state index contributed by atoms with van der Waals surface area (Å²) >= 11 is 1.54. The summed E-state index contributed by atoms with van der Waals surface area (Å²) in [7, 11) is -2.11. The van der Waals surface area contributed by atoms with E-state index in [4.69, 9.17) is 14.1 Å². The van der Waals surface area contributed by atoms with Crippen LogP contribution in [0.5, 0.6) is 0 Å². The number of ether oxygens (including phenoxy) is 1. The van der Waals surface area contributed by atoms with Crippen LogP contribution in [0, 0.1) is 25.2 Å². The molecule has 0 spiro atoms. The molecule has 0 unspecified atom stereocenters. The minimum absolute atomic E-state index is 0.0220. The number of aryl methyl sites for hydroxylation is 2. The van der Waals surface area contributed by atoms with Crippen LogP contribution in [0.2, 0.25) is 18.1 Å². The number of hydrogen-bond donors (Lipinski definition) is 1. The van der Waals surface area contributed by atoms with Gasteiger partial charge in [-0.05, 0) is 76.5 Å². The van der Waals surface area contributed by atoms with Gasteiger partial charge < -0.3 is 14.5 Å². The van der Waals surface area contributed by atoms with Crippen LogP contribution in [0.3, 0.4) is 0 Å². The zero-order valence-electron chi connectivity index (χ0n) is 26.6. The van der Waals surface area contributed by atoms with Gasteiger partial charge in [-0.1, -0.05) is 27.7 Å². The summed E-state index contributed by atoms with van der Waals surface area (Å²) in [5, 5.41) is 14.3. The summed E-state index contributed by atoms with van der Waals surface area (Å²) in [5.41, 5.74) is 2.92. The molecule has 0 saturated carbocycles. The van der Waals surface area contributed by atoms with Crippen molar-refractivity contribution in [2.24, 2.45) is 0 Å². The van der Waals surface area contributed by atoms with Gasteiger partial charge in [-0.2, -0.15) is 5.26 Å². The normalized spacial score (nSPS) is 17.1. The maximum atomic E-state index is 13.5. The first-order valence-corrected chi connectivity index (χ1v) is 17.8. The molecule has 3 heterocycles. The second kappa shape index (κ2) is 11.1. The fourth-order valence-corrected chi connectivity index (χ4v) is 6.41. The van der Waals surface area contributed by atoms with E-state index in [-0.39, 0.29) is 5.04 Å². The number of nitriles is 1. The molecule has 4 rings (SSSR count). The smallest absolute Gasteiger partial charge is 0.414 e. The fourth-order valence-electron chi connectivity index (χ4n) is 4.49. The lowest BCUT2D eigenvalue weighted by molar-refractivity contribution is 0.0575. The lowest BCUT2D eigenvalue weighted by Crippen LogP contribution is -2.46. The van der Waals surface area contributed by atoms with Crippen LogP contribution in [0.25, 0.3) is 11.3 Å². The third-order valence-corrected chi connectivity index (χ3v) is 13.5. The van der Waals surface area contributed by atoms with Gasteiger partial charge in [0.25, 0.3) is 0 Å². The van der Waals surface area contributed by atoms with E-state index >= 15 is 0 Å². The molecule has 0 bridgehead atoms. The Balaban J connectivity index is 1.79. The van der Waals surface area contributed by atoms with E-state index in [0.29, 0.717) is 36.0 Å². The number of amides is 1. The van der Waals surface area contributed by atoms with E-state index in [9.17, 15) is 10.1 Å². The molecule has 1 N–H and O–H groups in total. The van der Waals surface area contributed by atoms with Crippen molar-refractivity contribution in [3.05, 3.63) is 46.1 Å². The molecule has 1 aliphatic heterocycles. The van der Waals surface area contributed by atoms with Crippen molar-refractivity contribution >= 4 is 42.5 Å². The Morgan fingerprint density at radius 1 is 1.19 bits per heavy atom. The van der Waals surface area contributed by atoms with Gasteiger partial charge in [-0.25, -0.2) is 19.7 Å². The van der Waals surface area contributed by atoms with E-state index in [1.54, 1.807) is 28.5 Å². The summed E-state index contributed by atoms with van der Waals surface area (Å²) in [6, 6.07) is 7.96. The lowest BCUT2D eigenvalue weighted by Gasteiger charge is -2.39. The first-order chi connectivity index (χ1) is 19.3. The molecule has 9 nitrogen and oxygen atoms in total. The van der Waals surface area contributed by atoms with Gasteiger partial charge in [0.1, 0.15) is 11.7 Å². The molecule has 224 valence electrons. The van der Waals surface area contributed by atoms with Crippen LogP contribution < -0.4 is 10.2 Å². The van der Waals surface area contributed by atoms with Crippen molar-refractivity contribution in [1.29, 1.82) is 5.26 Å². The SMILES string of the molecule is Cc1nc(Nc2nccc(-c3cc(C#N)c4c(c3)[C@@](C)(CO[Si](C)(C)C(C)(C)C)CN4C(=O)OC(C)(C)C)n2)sc1C. The minimum Gasteiger partial charge on any atom is -0.443 e. The molecule has 1 aromatic carbocycles. The van der Waals surface area contributed by atoms with Crippen molar-refractivity contribution in [2.45, 2.75) is 91.5 Å². The Morgan fingerprint density at radius 3 is 2.45 bits per heavy atom. The zero-order valence-corrected chi connectivity index (χ0v) is 28.4. The van der Waals surface area contributed by atoms with Crippen molar-refractivity contribution < 1.29 is 14.0 Å². The van der Waals surface area contributed by atoms with Crippen LogP contribution in [0.15, 0.2) is 24.4 Å². The van der Waals surface area contributed by atoms with E-state index in [2.05, 4.69) is 62.1 Å². The minimum atomic E-state index is -2.11. The van der Waals surface area contributed by atoms with Gasteiger partial charge in [0, 0.05) is 35.2 Å². The quantitative estimate of drug-likeness (QED) is 0.282. The van der Waals surface area contributed by atoms with Gasteiger partial charge in [-0.3, -0.25) is 4.90 Å². The summed E-state index contributed by atoms with van der Waals surface area (Å²) < 4.78 is 12.5. The molecule has 0 radical (unpaired) electrons. The van der Waals surface area contributed by atoms with Crippen LogP contribution >= 0.6 is 11.3 Å². The molecule has 42 heavy (non-hydrogen) atoms. The molecule has 1 amide bonds. The standard InChI is InChI=1S/C31H42N6O3SSi/c1-19-20(2)41-27(34-19)36-26-33-13-12-24(35-26)21-14-22(16-32)25-23(15-21)31(9,18-39-42(10,11)30(6,7)8)17-37(25)28(38)40-29(3,4)5/h12-15H,17-18H2,1-11H3,(H,33,34,35,36)/t31-/m1/s1. The van der Waals surface area contributed by atoms with Crippen molar-refractivity contribution in [3.8, 4) is 17.3 Å². The zero-order chi connectivity index (χ0) is 31.3. The number of hydrogen-bond acceptors (Lipinski definition) is 9. The largest absolute Gasteiger partial charge is 0.443 e. The predicted octanol–water partition coefficient (Wildman–Crippen LogP) is 7.87. The van der Waals surface area contributed by atoms with Gasteiger partial charge >= 0.3 is 6.09 Å². The van der Waals surface area contributed by atoms with Gasteiger partial charge in [0.2, 0.25) is 5.95 Å². The van der Waals surface area contributed by atoms with E-state index in [0.717, 1.165) is 26.8 Å². The topological polar surface area (TPSA) is 113 Å². The van der Waals surface area contributed by atoms with E-state index in [1.807, 2.05) is 46.8 Å². The van der Waals surface area contributed by atoms with Crippen LogP contribution in [-0.4, -0.2) is 48.1 Å². The van der Waals surface area contributed by atoms with Crippen molar-refractivity contribution in [1.82, 2.24) is 15.0 Å². The molecular formula is C31H42N6O3SSi. The highest BCUT2D eigenvalue weighted by Gasteiger charge is 2.47. The van der Waals surface area contributed by atoms with Crippen molar-refractivity contribution in [3.63, 3.8) is 0 Å². The lowest BCUT2D eigenvalue weighted by atomic mass is 9.83. The number of carbonyl (C=O) groups is 1. The average molecular weight is 607 g/mol. The summed E-state index contributed by atoms with van der Waals surface area (Å²) in [6.07, 6.45) is 1.20. The van der Waals surface area contributed by atoms with Gasteiger partial charge in [0.05, 0.1) is 22.6 Å². The highest BCUT2D eigenvalue weighted by Crippen LogP contribution is 2.47. The summed E-state index contributed by atoms with van der Waals surface area (Å²) in [6.45, 7) is 23.4. The molecule has 11 heteroatoms. The molecular weight excluding hydrogens is 565 g/mol. The number of carbonyl (C=O) groups excluding carboxylic acids is 1. The summed E-state index contributed by atoms with van der Waals surface area (Å²) in [5.74, 6) is 0.416. The number of nitrogens with zero attached hydrogens (tertiary/aromatic N) is 5. The fraction of sp³-hybridized carbons (Fsp3) is 0.516. The first kappa shape index (κ1) is 31.6. The Labute approximate surface area is 254 Å². The Bertz CT molecular complexity index is 1530. The highest BCUT2D eigenvalue weighted by molar-refractivity contribution is 7.15.